The van der Waals surface area contributed by atoms with E-state index in [0.29, 0.717) is 24.0 Å². The number of benzene rings is 2. The molecule has 0 saturated carbocycles. The normalized spacial score (nSPS) is 10.7. The quantitative estimate of drug-likeness (QED) is 0.327. The lowest BCUT2D eigenvalue weighted by Gasteiger charge is -2.13. The molecule has 3 N–H and O–H groups in total. The Kier molecular flexibility index (Phi) is 9.64. The summed E-state index contributed by atoms with van der Waals surface area (Å²) in [5.74, 6) is 2.30. The first-order valence-electron chi connectivity index (χ1n) is 8.21. The van der Waals surface area contributed by atoms with Crippen LogP contribution in [0.4, 0.5) is 5.69 Å². The topological polar surface area (TPSA) is 75.1 Å². The van der Waals surface area contributed by atoms with Gasteiger partial charge in [0.15, 0.2) is 17.5 Å². The molecule has 0 aromatic heterocycles. The molecule has 142 valence electrons. The van der Waals surface area contributed by atoms with Gasteiger partial charge >= 0.3 is 0 Å². The molecule has 0 fully saturated rings. The third-order valence-electron chi connectivity index (χ3n) is 3.57. The number of nitrogens with one attached hydrogen (secondary N) is 2. The first kappa shape index (κ1) is 21.9. The fraction of sp³-hybridized carbons (Fsp3) is 0.316. The van der Waals surface area contributed by atoms with Crippen molar-refractivity contribution >= 4 is 35.6 Å². The number of methoxy groups -OCH3 is 2. The van der Waals surface area contributed by atoms with E-state index in [1.165, 1.54) is 0 Å². The summed E-state index contributed by atoms with van der Waals surface area (Å²) in [6.07, 6.45) is 0.747. The summed E-state index contributed by atoms with van der Waals surface area (Å²) in [6.45, 7) is 3.37. The second-order valence-corrected chi connectivity index (χ2v) is 5.38. The number of guanidine groups is 1. The van der Waals surface area contributed by atoms with E-state index in [1.54, 1.807) is 26.4 Å². The number of ether oxygens (including phenoxy) is 2. The molecule has 0 unspecified atom stereocenters. The Balaban J connectivity index is 0.00000338. The predicted molar refractivity (Wildman–Crippen MR) is 116 cm³/mol. The van der Waals surface area contributed by atoms with Gasteiger partial charge in [-0.3, -0.25) is 4.99 Å². The number of hydrogen-bond acceptors (Lipinski definition) is 4. The molecule has 0 spiro atoms. The number of phenolic OH excluding ortho intramolecular Hbond substituents is 1. The molecule has 2 aromatic rings. The average Bonchev–Trinajstić information content (AvgIpc) is 2.62. The fourth-order valence-electron chi connectivity index (χ4n) is 2.37. The van der Waals surface area contributed by atoms with Crippen molar-refractivity contribution in [2.24, 2.45) is 4.99 Å². The Bertz CT molecular complexity index is 723. The van der Waals surface area contributed by atoms with Crippen molar-refractivity contribution < 1.29 is 14.6 Å². The first-order chi connectivity index (χ1) is 12.2. The number of phenols is 1. The highest BCUT2D eigenvalue weighted by Crippen LogP contribution is 2.29. The number of hydrogen-bond donors (Lipinski definition) is 3. The molecule has 0 heterocycles. The molecular formula is C19H26IN3O3. The summed E-state index contributed by atoms with van der Waals surface area (Å²) in [5.41, 5.74) is 1.90. The molecule has 0 radical (unpaired) electrons. The minimum atomic E-state index is 0. The van der Waals surface area contributed by atoms with Crippen molar-refractivity contribution in [3.63, 3.8) is 0 Å². The third kappa shape index (κ3) is 6.62. The van der Waals surface area contributed by atoms with Crippen LogP contribution in [-0.4, -0.2) is 38.4 Å². The largest absolute Gasteiger partial charge is 0.508 e. The van der Waals surface area contributed by atoms with E-state index in [-0.39, 0.29) is 29.7 Å². The van der Waals surface area contributed by atoms with Crippen LogP contribution in [0.2, 0.25) is 0 Å². The molecular weight excluding hydrogens is 445 g/mol. The number of rotatable bonds is 7. The molecule has 0 aliphatic rings. The number of anilines is 1. The van der Waals surface area contributed by atoms with E-state index < -0.39 is 0 Å². The number of aliphatic imine (C=N–C) groups is 1. The molecule has 0 aliphatic heterocycles. The van der Waals surface area contributed by atoms with Crippen LogP contribution in [0, 0.1) is 0 Å². The second-order valence-electron chi connectivity index (χ2n) is 5.38. The zero-order valence-electron chi connectivity index (χ0n) is 15.3. The van der Waals surface area contributed by atoms with Gasteiger partial charge in [0, 0.05) is 24.8 Å². The highest BCUT2D eigenvalue weighted by Gasteiger charge is 2.06. The van der Waals surface area contributed by atoms with Crippen LogP contribution in [0.5, 0.6) is 17.2 Å². The van der Waals surface area contributed by atoms with E-state index in [9.17, 15) is 5.11 Å². The smallest absolute Gasteiger partial charge is 0.195 e. The zero-order chi connectivity index (χ0) is 18.1. The van der Waals surface area contributed by atoms with Crippen molar-refractivity contribution in [2.75, 3.05) is 32.6 Å². The molecule has 7 heteroatoms. The molecule has 0 aliphatic carbocycles. The second kappa shape index (κ2) is 11.5. The van der Waals surface area contributed by atoms with Gasteiger partial charge in [-0.1, -0.05) is 12.1 Å². The molecule has 26 heavy (non-hydrogen) atoms. The Labute approximate surface area is 171 Å². The van der Waals surface area contributed by atoms with Crippen LogP contribution in [0.1, 0.15) is 12.5 Å². The maximum Gasteiger partial charge on any atom is 0.195 e. The molecule has 0 amide bonds. The van der Waals surface area contributed by atoms with Gasteiger partial charge in [-0.05, 0) is 43.2 Å². The summed E-state index contributed by atoms with van der Waals surface area (Å²) in [4.78, 5) is 4.57. The van der Waals surface area contributed by atoms with Crippen LogP contribution >= 0.6 is 24.0 Å². The zero-order valence-corrected chi connectivity index (χ0v) is 17.6. The van der Waals surface area contributed by atoms with E-state index in [1.807, 2.05) is 37.3 Å². The highest BCUT2D eigenvalue weighted by molar-refractivity contribution is 14.0. The van der Waals surface area contributed by atoms with Gasteiger partial charge in [0.1, 0.15) is 5.75 Å². The van der Waals surface area contributed by atoms with Crippen LogP contribution < -0.4 is 20.1 Å². The summed E-state index contributed by atoms with van der Waals surface area (Å²) in [6, 6.07) is 12.8. The SMILES string of the molecule is CCNC(=NCCc1cccc(O)c1)Nc1ccc(OC)c(OC)c1.I. The van der Waals surface area contributed by atoms with Gasteiger partial charge in [-0.2, -0.15) is 0 Å². The maximum atomic E-state index is 9.51. The Morgan fingerprint density at radius 3 is 2.50 bits per heavy atom. The van der Waals surface area contributed by atoms with Crippen molar-refractivity contribution in [1.29, 1.82) is 0 Å². The van der Waals surface area contributed by atoms with Gasteiger partial charge in [0.05, 0.1) is 14.2 Å². The minimum absolute atomic E-state index is 0. The van der Waals surface area contributed by atoms with Crippen molar-refractivity contribution in [2.45, 2.75) is 13.3 Å². The van der Waals surface area contributed by atoms with Crippen molar-refractivity contribution in [1.82, 2.24) is 5.32 Å². The number of aromatic hydroxyl groups is 1. The lowest BCUT2D eigenvalue weighted by Crippen LogP contribution is -2.30. The molecule has 2 rings (SSSR count). The minimum Gasteiger partial charge on any atom is -0.508 e. The van der Waals surface area contributed by atoms with Crippen molar-refractivity contribution in [3.8, 4) is 17.2 Å². The van der Waals surface area contributed by atoms with Gasteiger partial charge in [-0.25, -0.2) is 0 Å². The highest BCUT2D eigenvalue weighted by atomic mass is 127. The van der Waals surface area contributed by atoms with Crippen LogP contribution in [0.25, 0.3) is 0 Å². The van der Waals surface area contributed by atoms with E-state index in [0.717, 1.165) is 24.2 Å². The molecule has 6 nitrogen and oxygen atoms in total. The summed E-state index contributed by atoms with van der Waals surface area (Å²) in [7, 11) is 3.22. The maximum absolute atomic E-state index is 9.51. The lowest BCUT2D eigenvalue weighted by molar-refractivity contribution is 0.355. The monoisotopic (exact) mass is 471 g/mol. The molecule has 0 bridgehead atoms. The lowest BCUT2D eigenvalue weighted by atomic mass is 10.1. The van der Waals surface area contributed by atoms with E-state index in [4.69, 9.17) is 9.47 Å². The van der Waals surface area contributed by atoms with Gasteiger partial charge < -0.3 is 25.2 Å². The molecule has 0 saturated heterocycles. The molecule has 2 aromatic carbocycles. The average molecular weight is 471 g/mol. The summed E-state index contributed by atoms with van der Waals surface area (Å²) < 4.78 is 10.6. The number of nitrogens with zero attached hydrogens (tertiary/aromatic N) is 1. The van der Waals surface area contributed by atoms with Crippen LogP contribution in [0.3, 0.4) is 0 Å². The van der Waals surface area contributed by atoms with Crippen molar-refractivity contribution in [3.05, 3.63) is 48.0 Å². The predicted octanol–water partition coefficient (Wildman–Crippen LogP) is 3.65. The standard InChI is InChI=1S/C19H25N3O3.HI/c1-4-20-19(21-11-10-14-6-5-7-16(23)12-14)22-15-8-9-17(24-2)18(13-15)25-3;/h5-9,12-13,23H,4,10-11H2,1-3H3,(H2,20,21,22);1H. The van der Waals surface area contributed by atoms with E-state index in [2.05, 4.69) is 15.6 Å². The van der Waals surface area contributed by atoms with Crippen LogP contribution in [-0.2, 0) is 6.42 Å². The fourth-order valence-corrected chi connectivity index (χ4v) is 2.37. The van der Waals surface area contributed by atoms with E-state index >= 15 is 0 Å². The van der Waals surface area contributed by atoms with Gasteiger partial charge in [0.25, 0.3) is 0 Å². The van der Waals surface area contributed by atoms with Crippen LogP contribution in [0.15, 0.2) is 47.5 Å². The molecule has 0 atom stereocenters. The summed E-state index contributed by atoms with van der Waals surface area (Å²) >= 11 is 0. The Morgan fingerprint density at radius 1 is 1.08 bits per heavy atom. The van der Waals surface area contributed by atoms with Gasteiger partial charge in [-0.15, -0.1) is 24.0 Å². The number of halogens is 1. The first-order valence-corrected chi connectivity index (χ1v) is 8.21. The Hall–Kier alpha value is -2.16. The summed E-state index contributed by atoms with van der Waals surface area (Å²) in [5, 5.41) is 16.0. The third-order valence-corrected chi connectivity index (χ3v) is 3.57. The van der Waals surface area contributed by atoms with Gasteiger partial charge in [0.2, 0.25) is 0 Å². The Morgan fingerprint density at radius 2 is 1.85 bits per heavy atom.